The van der Waals surface area contributed by atoms with E-state index in [0.717, 1.165) is 11.5 Å². The smallest absolute Gasteiger partial charge is 0.262 e. The van der Waals surface area contributed by atoms with Gasteiger partial charge in [-0.15, -0.1) is 5.10 Å². The van der Waals surface area contributed by atoms with E-state index in [1.54, 1.807) is 0 Å². The molecule has 0 spiro atoms. The number of rotatable bonds is 3. The Labute approximate surface area is 101 Å². The molecule has 0 radical (unpaired) electrons. The van der Waals surface area contributed by atoms with E-state index in [-0.39, 0.29) is 10.0 Å². The van der Waals surface area contributed by atoms with Crippen LogP contribution < -0.4 is 4.72 Å². The Bertz CT molecular complexity index is 584. The molecular formula is C7H5ClN4O2S2. The van der Waals surface area contributed by atoms with E-state index in [0.29, 0.717) is 5.00 Å². The Morgan fingerprint density at radius 1 is 1.44 bits per heavy atom. The fourth-order valence-electron chi connectivity index (χ4n) is 0.955. The van der Waals surface area contributed by atoms with Crippen molar-refractivity contribution >= 4 is 38.2 Å². The number of anilines is 1. The second-order valence-corrected chi connectivity index (χ2v) is 5.56. The van der Waals surface area contributed by atoms with Gasteiger partial charge in [0.25, 0.3) is 10.0 Å². The number of halogens is 1. The molecule has 0 atom stereocenters. The molecule has 0 aromatic carbocycles. The SMILES string of the molecule is O=S(=O)(Nc1cnns1)c1ccnc(Cl)c1. The van der Waals surface area contributed by atoms with Crippen molar-refractivity contribution in [3.8, 4) is 0 Å². The summed E-state index contributed by atoms with van der Waals surface area (Å²) >= 11 is 6.56. The molecule has 0 saturated heterocycles. The number of sulfonamides is 1. The van der Waals surface area contributed by atoms with Crippen molar-refractivity contribution in [2.24, 2.45) is 0 Å². The van der Waals surface area contributed by atoms with E-state index in [2.05, 4.69) is 19.3 Å². The van der Waals surface area contributed by atoms with Gasteiger partial charge < -0.3 is 0 Å². The van der Waals surface area contributed by atoms with Gasteiger partial charge in [-0.05, 0) is 12.1 Å². The second kappa shape index (κ2) is 4.32. The summed E-state index contributed by atoms with van der Waals surface area (Å²) in [6, 6.07) is 2.61. The highest BCUT2D eigenvalue weighted by atomic mass is 35.5. The molecule has 2 aromatic heterocycles. The molecule has 0 bridgehead atoms. The summed E-state index contributed by atoms with van der Waals surface area (Å²) in [6.07, 6.45) is 2.65. The van der Waals surface area contributed by atoms with E-state index >= 15 is 0 Å². The molecule has 6 nitrogen and oxygen atoms in total. The largest absolute Gasteiger partial charge is 0.268 e. The lowest BCUT2D eigenvalue weighted by Gasteiger charge is -2.04. The van der Waals surface area contributed by atoms with Crippen LogP contribution in [0.3, 0.4) is 0 Å². The monoisotopic (exact) mass is 276 g/mol. The van der Waals surface area contributed by atoms with E-state index in [9.17, 15) is 8.42 Å². The standard InChI is InChI=1S/C7H5ClN4O2S2/c8-6-3-5(1-2-9-6)16(13,14)11-7-4-10-12-15-7/h1-4,11H. The summed E-state index contributed by atoms with van der Waals surface area (Å²) in [4.78, 5) is 3.74. The highest BCUT2D eigenvalue weighted by Gasteiger charge is 2.15. The summed E-state index contributed by atoms with van der Waals surface area (Å²) in [6.45, 7) is 0. The highest BCUT2D eigenvalue weighted by molar-refractivity contribution is 7.93. The van der Waals surface area contributed by atoms with Crippen LogP contribution in [0.25, 0.3) is 0 Å². The van der Waals surface area contributed by atoms with Crippen molar-refractivity contribution in [3.63, 3.8) is 0 Å². The maximum absolute atomic E-state index is 11.8. The average Bonchev–Trinajstić information content (AvgIpc) is 2.70. The Morgan fingerprint density at radius 2 is 2.25 bits per heavy atom. The summed E-state index contributed by atoms with van der Waals surface area (Å²) < 4.78 is 29.5. The molecule has 84 valence electrons. The van der Waals surface area contributed by atoms with Crippen molar-refractivity contribution in [3.05, 3.63) is 29.7 Å². The van der Waals surface area contributed by atoms with Gasteiger partial charge in [-0.2, -0.15) is 0 Å². The van der Waals surface area contributed by atoms with Crippen LogP contribution in [-0.4, -0.2) is 23.0 Å². The fraction of sp³-hybridized carbons (Fsp3) is 0. The van der Waals surface area contributed by atoms with Crippen LogP contribution in [0.5, 0.6) is 0 Å². The molecule has 0 amide bonds. The van der Waals surface area contributed by atoms with Crippen LogP contribution in [0.15, 0.2) is 29.4 Å². The van der Waals surface area contributed by atoms with Crippen LogP contribution in [-0.2, 0) is 10.0 Å². The van der Waals surface area contributed by atoms with Crippen molar-refractivity contribution in [1.82, 2.24) is 14.6 Å². The molecule has 9 heteroatoms. The van der Waals surface area contributed by atoms with Crippen LogP contribution in [0, 0.1) is 0 Å². The zero-order chi connectivity index (χ0) is 11.6. The minimum Gasteiger partial charge on any atom is -0.268 e. The third-order valence-corrected chi connectivity index (χ3v) is 3.88. The van der Waals surface area contributed by atoms with E-state index in [4.69, 9.17) is 11.6 Å². The predicted molar refractivity (Wildman–Crippen MR) is 60.0 cm³/mol. The minimum atomic E-state index is -3.65. The molecule has 2 rings (SSSR count). The predicted octanol–water partition coefficient (Wildman–Crippen LogP) is 1.39. The lowest BCUT2D eigenvalue weighted by atomic mass is 10.5. The first-order valence-electron chi connectivity index (χ1n) is 4.00. The normalized spacial score (nSPS) is 11.3. The van der Waals surface area contributed by atoms with Gasteiger partial charge in [0.1, 0.15) is 10.2 Å². The molecule has 2 heterocycles. The Hall–Kier alpha value is -1.25. The zero-order valence-electron chi connectivity index (χ0n) is 7.66. The molecular weight excluding hydrogens is 272 g/mol. The lowest BCUT2D eigenvalue weighted by Crippen LogP contribution is -2.12. The van der Waals surface area contributed by atoms with Gasteiger partial charge in [-0.1, -0.05) is 16.1 Å². The Morgan fingerprint density at radius 3 is 2.88 bits per heavy atom. The van der Waals surface area contributed by atoms with Gasteiger partial charge >= 0.3 is 0 Å². The number of pyridine rings is 1. The topological polar surface area (TPSA) is 84.8 Å². The van der Waals surface area contributed by atoms with Gasteiger partial charge in [0.05, 0.1) is 11.1 Å². The quantitative estimate of drug-likeness (QED) is 0.856. The van der Waals surface area contributed by atoms with Gasteiger partial charge in [0.15, 0.2) is 0 Å². The van der Waals surface area contributed by atoms with Crippen LogP contribution in [0.1, 0.15) is 0 Å². The molecule has 0 aliphatic rings. The number of aromatic nitrogens is 3. The van der Waals surface area contributed by atoms with Gasteiger partial charge in [-0.3, -0.25) is 4.72 Å². The molecule has 0 aliphatic carbocycles. The fourth-order valence-corrected chi connectivity index (χ4v) is 2.89. The van der Waals surface area contributed by atoms with E-state index < -0.39 is 10.0 Å². The van der Waals surface area contributed by atoms with Crippen LogP contribution >= 0.6 is 23.1 Å². The summed E-state index contributed by atoms with van der Waals surface area (Å²) in [5.74, 6) is 0. The number of nitrogens with one attached hydrogen (secondary N) is 1. The highest BCUT2D eigenvalue weighted by Crippen LogP contribution is 2.18. The van der Waals surface area contributed by atoms with Crippen LogP contribution in [0.4, 0.5) is 5.00 Å². The van der Waals surface area contributed by atoms with Gasteiger partial charge in [0, 0.05) is 17.7 Å². The number of hydrogen-bond acceptors (Lipinski definition) is 6. The molecule has 0 saturated carbocycles. The Balaban J connectivity index is 2.33. The van der Waals surface area contributed by atoms with Crippen molar-refractivity contribution in [2.75, 3.05) is 4.72 Å². The minimum absolute atomic E-state index is 0.0425. The molecule has 0 aliphatic heterocycles. The molecule has 2 aromatic rings. The lowest BCUT2D eigenvalue weighted by molar-refractivity contribution is 0.601. The molecule has 1 N–H and O–H groups in total. The maximum atomic E-state index is 11.8. The first kappa shape index (κ1) is 11.2. The van der Waals surface area contributed by atoms with Gasteiger partial charge in [0.2, 0.25) is 0 Å². The first-order chi connectivity index (χ1) is 7.58. The third-order valence-electron chi connectivity index (χ3n) is 1.60. The molecule has 0 fully saturated rings. The zero-order valence-corrected chi connectivity index (χ0v) is 10.1. The van der Waals surface area contributed by atoms with Crippen molar-refractivity contribution in [1.29, 1.82) is 0 Å². The molecule has 16 heavy (non-hydrogen) atoms. The van der Waals surface area contributed by atoms with E-state index in [1.807, 2.05) is 0 Å². The number of nitrogens with zero attached hydrogens (tertiary/aromatic N) is 3. The second-order valence-electron chi connectivity index (χ2n) is 2.70. The number of hydrogen-bond donors (Lipinski definition) is 1. The summed E-state index contributed by atoms with van der Waals surface area (Å²) in [5.41, 5.74) is 0. The van der Waals surface area contributed by atoms with E-state index in [1.165, 1.54) is 24.5 Å². The van der Waals surface area contributed by atoms with Crippen molar-refractivity contribution < 1.29 is 8.42 Å². The van der Waals surface area contributed by atoms with Crippen molar-refractivity contribution in [2.45, 2.75) is 4.90 Å². The Kier molecular flexibility index (Phi) is 3.03. The maximum Gasteiger partial charge on any atom is 0.262 e. The first-order valence-corrected chi connectivity index (χ1v) is 6.63. The van der Waals surface area contributed by atoms with Gasteiger partial charge in [-0.25, -0.2) is 13.4 Å². The average molecular weight is 277 g/mol. The summed E-state index contributed by atoms with van der Waals surface area (Å²) in [5, 5.41) is 3.98. The molecule has 0 unspecified atom stereocenters. The van der Waals surface area contributed by atoms with Crippen LogP contribution in [0.2, 0.25) is 5.15 Å². The summed E-state index contributed by atoms with van der Waals surface area (Å²) in [7, 11) is -3.65. The third kappa shape index (κ3) is 2.46.